The Morgan fingerprint density at radius 1 is 1.19 bits per heavy atom. The van der Waals surface area contributed by atoms with E-state index < -0.39 is 0 Å². The number of anilines is 1. The Labute approximate surface area is 128 Å². The molecule has 1 unspecified atom stereocenters. The van der Waals surface area contributed by atoms with Crippen LogP contribution in [0.5, 0.6) is 0 Å². The van der Waals surface area contributed by atoms with E-state index in [1.54, 1.807) is 0 Å². The predicted molar refractivity (Wildman–Crippen MR) is 85.7 cm³/mol. The second-order valence-corrected chi connectivity index (χ2v) is 6.36. The molecule has 2 aliphatic rings. The van der Waals surface area contributed by atoms with Crippen LogP contribution in [0.2, 0.25) is 0 Å². The van der Waals surface area contributed by atoms with Crippen LogP contribution in [0.4, 0.5) is 5.82 Å². The van der Waals surface area contributed by atoms with Gasteiger partial charge in [0.05, 0.1) is 13.2 Å². The van der Waals surface area contributed by atoms with Crippen molar-refractivity contribution in [2.75, 3.05) is 37.7 Å². The van der Waals surface area contributed by atoms with Crippen LogP contribution in [0.25, 0.3) is 0 Å². The number of hydrogen-bond acceptors (Lipinski definition) is 4. The molecule has 0 bridgehead atoms. The second kappa shape index (κ2) is 6.75. The van der Waals surface area contributed by atoms with Crippen molar-refractivity contribution in [2.45, 2.75) is 45.2 Å². The zero-order chi connectivity index (χ0) is 14.7. The smallest absolute Gasteiger partial charge is 0.133 e. The maximum Gasteiger partial charge on any atom is 0.133 e. The molecule has 0 saturated carbocycles. The van der Waals surface area contributed by atoms with E-state index in [9.17, 15) is 0 Å². The van der Waals surface area contributed by atoms with Gasteiger partial charge in [0.25, 0.3) is 0 Å². The Hall–Kier alpha value is -1.13. The molecule has 2 aliphatic heterocycles. The minimum absolute atomic E-state index is 0.519. The summed E-state index contributed by atoms with van der Waals surface area (Å²) in [6.45, 7) is 9.37. The molecule has 0 N–H and O–H groups in total. The Balaban J connectivity index is 1.89. The predicted octanol–water partition coefficient (Wildman–Crippen LogP) is 2.85. The van der Waals surface area contributed by atoms with Gasteiger partial charge in [0.1, 0.15) is 5.82 Å². The Kier molecular flexibility index (Phi) is 4.76. The topological polar surface area (TPSA) is 28.6 Å². The van der Waals surface area contributed by atoms with Crippen molar-refractivity contribution in [1.29, 1.82) is 0 Å². The first-order valence-corrected chi connectivity index (χ1v) is 8.30. The third kappa shape index (κ3) is 3.22. The lowest BCUT2D eigenvalue weighted by molar-refractivity contribution is 0.110. The Bertz CT molecular complexity index is 457. The average molecular weight is 289 g/mol. The van der Waals surface area contributed by atoms with Crippen molar-refractivity contribution < 1.29 is 4.74 Å². The summed E-state index contributed by atoms with van der Waals surface area (Å²) in [7, 11) is 0. The van der Waals surface area contributed by atoms with E-state index in [4.69, 9.17) is 9.72 Å². The lowest BCUT2D eigenvalue weighted by atomic mass is 9.94. The first-order chi connectivity index (χ1) is 10.3. The highest BCUT2D eigenvalue weighted by Gasteiger charge is 2.29. The summed E-state index contributed by atoms with van der Waals surface area (Å²) in [5.74, 6) is 1.18. The minimum Gasteiger partial charge on any atom is -0.378 e. The molecule has 2 fully saturated rings. The summed E-state index contributed by atoms with van der Waals surface area (Å²) in [5, 5.41) is 0. The number of rotatable bonds is 3. The van der Waals surface area contributed by atoms with Gasteiger partial charge in [-0.15, -0.1) is 0 Å². The molecule has 1 aromatic rings. The maximum atomic E-state index is 5.49. The van der Waals surface area contributed by atoms with Gasteiger partial charge >= 0.3 is 0 Å². The van der Waals surface area contributed by atoms with Crippen molar-refractivity contribution in [2.24, 2.45) is 0 Å². The monoisotopic (exact) mass is 289 g/mol. The van der Waals surface area contributed by atoms with Crippen molar-refractivity contribution in [3.8, 4) is 0 Å². The first-order valence-electron chi connectivity index (χ1n) is 8.30. The van der Waals surface area contributed by atoms with Gasteiger partial charge in [0.15, 0.2) is 0 Å². The van der Waals surface area contributed by atoms with Gasteiger partial charge in [-0.1, -0.05) is 12.5 Å². The van der Waals surface area contributed by atoms with E-state index in [1.807, 2.05) is 6.20 Å². The molecule has 3 heterocycles. The van der Waals surface area contributed by atoms with Crippen LogP contribution in [0.3, 0.4) is 0 Å². The quantitative estimate of drug-likeness (QED) is 0.855. The molecule has 21 heavy (non-hydrogen) atoms. The molecule has 0 amide bonds. The minimum atomic E-state index is 0.519. The van der Waals surface area contributed by atoms with Gasteiger partial charge in [0, 0.05) is 36.9 Å². The molecule has 3 rings (SSSR count). The van der Waals surface area contributed by atoms with Crippen LogP contribution in [0.15, 0.2) is 18.3 Å². The Morgan fingerprint density at radius 3 is 2.76 bits per heavy atom. The van der Waals surface area contributed by atoms with E-state index in [-0.39, 0.29) is 0 Å². The van der Waals surface area contributed by atoms with E-state index in [0.29, 0.717) is 12.1 Å². The first kappa shape index (κ1) is 14.8. The summed E-state index contributed by atoms with van der Waals surface area (Å²) in [6, 6.07) is 5.48. The number of pyridine rings is 1. The number of nitrogens with zero attached hydrogens (tertiary/aromatic N) is 3. The molecule has 4 nitrogen and oxygen atoms in total. The number of likely N-dealkylation sites (tertiary alicyclic amines) is 1. The van der Waals surface area contributed by atoms with Crippen LogP contribution in [0, 0.1) is 0 Å². The van der Waals surface area contributed by atoms with Crippen LogP contribution >= 0.6 is 0 Å². The standard InChI is InChI=1S/C17H27N3O/c1-14(2)20-9-4-3-7-16(20)15-6-5-8-18-17(15)19-10-12-21-13-11-19/h5-6,8,14,16H,3-4,7,9-13H2,1-2H3. The molecule has 116 valence electrons. The molecule has 0 radical (unpaired) electrons. The maximum absolute atomic E-state index is 5.49. The average Bonchev–Trinajstić information content (AvgIpc) is 2.55. The van der Waals surface area contributed by atoms with Gasteiger partial charge in [-0.3, -0.25) is 4.90 Å². The summed E-state index contributed by atoms with van der Waals surface area (Å²) in [6.07, 6.45) is 5.82. The molecule has 2 saturated heterocycles. The summed E-state index contributed by atoms with van der Waals surface area (Å²) in [4.78, 5) is 9.75. The van der Waals surface area contributed by atoms with E-state index in [1.165, 1.54) is 37.2 Å². The van der Waals surface area contributed by atoms with Crippen LogP contribution in [-0.4, -0.2) is 48.8 Å². The number of aromatic nitrogens is 1. The lowest BCUT2D eigenvalue weighted by Crippen LogP contribution is -2.41. The number of piperidine rings is 1. The highest BCUT2D eigenvalue weighted by Crippen LogP contribution is 2.36. The molecule has 0 aromatic carbocycles. The van der Waals surface area contributed by atoms with E-state index in [0.717, 1.165) is 26.3 Å². The SMILES string of the molecule is CC(C)N1CCCCC1c1cccnc1N1CCOCC1. The van der Waals surface area contributed by atoms with Gasteiger partial charge in [-0.2, -0.15) is 0 Å². The van der Waals surface area contributed by atoms with Crippen molar-refractivity contribution >= 4 is 5.82 Å². The van der Waals surface area contributed by atoms with Gasteiger partial charge in [0.2, 0.25) is 0 Å². The fourth-order valence-electron chi connectivity index (χ4n) is 3.61. The third-order valence-electron chi connectivity index (χ3n) is 4.69. The summed E-state index contributed by atoms with van der Waals surface area (Å²) < 4.78 is 5.49. The highest BCUT2D eigenvalue weighted by molar-refractivity contribution is 5.49. The summed E-state index contributed by atoms with van der Waals surface area (Å²) >= 11 is 0. The van der Waals surface area contributed by atoms with Crippen LogP contribution in [-0.2, 0) is 4.74 Å². The summed E-state index contributed by atoms with van der Waals surface area (Å²) in [5.41, 5.74) is 1.41. The molecule has 1 aromatic heterocycles. The van der Waals surface area contributed by atoms with E-state index in [2.05, 4.69) is 35.8 Å². The van der Waals surface area contributed by atoms with Crippen LogP contribution in [0.1, 0.15) is 44.7 Å². The van der Waals surface area contributed by atoms with Crippen molar-refractivity contribution in [3.05, 3.63) is 23.9 Å². The van der Waals surface area contributed by atoms with Crippen molar-refractivity contribution in [1.82, 2.24) is 9.88 Å². The Morgan fingerprint density at radius 2 is 2.00 bits per heavy atom. The number of ether oxygens (including phenoxy) is 1. The normalized spacial score (nSPS) is 24.5. The largest absolute Gasteiger partial charge is 0.378 e. The van der Waals surface area contributed by atoms with Crippen LogP contribution < -0.4 is 4.90 Å². The van der Waals surface area contributed by atoms with E-state index >= 15 is 0 Å². The van der Waals surface area contributed by atoms with Gasteiger partial charge in [-0.05, 0) is 39.3 Å². The molecule has 0 aliphatic carbocycles. The molecule has 1 atom stereocenters. The zero-order valence-corrected chi connectivity index (χ0v) is 13.3. The lowest BCUT2D eigenvalue weighted by Gasteiger charge is -2.40. The molecular weight excluding hydrogens is 262 g/mol. The molecule has 0 spiro atoms. The van der Waals surface area contributed by atoms with Gasteiger partial charge < -0.3 is 9.64 Å². The molecule has 4 heteroatoms. The van der Waals surface area contributed by atoms with Crippen molar-refractivity contribution in [3.63, 3.8) is 0 Å². The highest BCUT2D eigenvalue weighted by atomic mass is 16.5. The second-order valence-electron chi connectivity index (χ2n) is 6.36. The number of hydrogen-bond donors (Lipinski definition) is 0. The fraction of sp³-hybridized carbons (Fsp3) is 0.706. The zero-order valence-electron chi connectivity index (χ0n) is 13.3. The number of morpholine rings is 1. The third-order valence-corrected chi connectivity index (χ3v) is 4.69. The van der Waals surface area contributed by atoms with Gasteiger partial charge in [-0.25, -0.2) is 4.98 Å². The fourth-order valence-corrected chi connectivity index (χ4v) is 3.61. The molecular formula is C17H27N3O.